The van der Waals surface area contributed by atoms with E-state index in [4.69, 9.17) is 16.0 Å². The maximum atomic E-state index is 6.08. The second kappa shape index (κ2) is 5.06. The SMILES string of the molecule is Cc1coc(Sc2ncnc(Cl)c2C(C)C)n1. The standard InChI is InChI=1S/C11H12ClN3OS/c1-6(2)8-9(12)13-5-14-10(8)17-11-15-7(3)4-16-11/h4-6H,1-3H3. The summed E-state index contributed by atoms with van der Waals surface area (Å²) in [4.78, 5) is 12.5. The molecule has 0 radical (unpaired) electrons. The second-order valence-corrected chi connectivity index (χ2v) is 5.19. The highest BCUT2D eigenvalue weighted by molar-refractivity contribution is 7.99. The van der Waals surface area contributed by atoms with Crippen molar-refractivity contribution < 1.29 is 4.42 Å². The Morgan fingerprint density at radius 3 is 2.71 bits per heavy atom. The van der Waals surface area contributed by atoms with Gasteiger partial charge in [-0.2, -0.15) is 0 Å². The fourth-order valence-electron chi connectivity index (χ4n) is 1.39. The predicted octanol–water partition coefficient (Wildman–Crippen LogP) is 3.70. The third-order valence-electron chi connectivity index (χ3n) is 2.16. The maximum absolute atomic E-state index is 6.08. The molecule has 4 nitrogen and oxygen atoms in total. The van der Waals surface area contributed by atoms with Crippen molar-refractivity contribution in [2.75, 3.05) is 0 Å². The van der Waals surface area contributed by atoms with Crippen LogP contribution < -0.4 is 0 Å². The Hall–Kier alpha value is -1.07. The first-order chi connectivity index (χ1) is 8.08. The summed E-state index contributed by atoms with van der Waals surface area (Å²) in [6, 6.07) is 0. The Labute approximate surface area is 109 Å². The van der Waals surface area contributed by atoms with Crippen LogP contribution in [0.5, 0.6) is 0 Å². The van der Waals surface area contributed by atoms with Crippen molar-refractivity contribution >= 4 is 23.4 Å². The molecule has 0 amide bonds. The zero-order valence-corrected chi connectivity index (χ0v) is 11.3. The molecule has 2 rings (SSSR count). The minimum Gasteiger partial charge on any atom is -0.439 e. The molecular formula is C11H12ClN3OS. The van der Waals surface area contributed by atoms with Gasteiger partial charge in [0.1, 0.15) is 22.8 Å². The molecule has 2 heterocycles. The van der Waals surface area contributed by atoms with Gasteiger partial charge in [0.05, 0.1) is 5.69 Å². The van der Waals surface area contributed by atoms with Crippen molar-refractivity contribution in [1.82, 2.24) is 15.0 Å². The lowest BCUT2D eigenvalue weighted by atomic mass is 10.1. The largest absolute Gasteiger partial charge is 0.439 e. The first kappa shape index (κ1) is 12.4. The Balaban J connectivity index is 2.35. The van der Waals surface area contributed by atoms with Gasteiger partial charge in [0.15, 0.2) is 0 Å². The van der Waals surface area contributed by atoms with Crippen LogP contribution in [0.1, 0.15) is 31.0 Å². The highest BCUT2D eigenvalue weighted by Gasteiger charge is 2.16. The van der Waals surface area contributed by atoms with E-state index in [1.54, 1.807) is 6.26 Å². The summed E-state index contributed by atoms with van der Waals surface area (Å²) in [7, 11) is 0. The molecule has 0 aliphatic rings. The summed E-state index contributed by atoms with van der Waals surface area (Å²) >= 11 is 7.44. The van der Waals surface area contributed by atoms with E-state index in [9.17, 15) is 0 Å². The van der Waals surface area contributed by atoms with Crippen molar-refractivity contribution in [2.45, 2.75) is 36.9 Å². The molecule has 0 aliphatic heterocycles. The number of hydrogen-bond donors (Lipinski definition) is 0. The molecule has 0 N–H and O–H groups in total. The number of nitrogens with zero attached hydrogens (tertiary/aromatic N) is 3. The number of halogens is 1. The molecule has 0 aliphatic carbocycles. The van der Waals surface area contributed by atoms with Gasteiger partial charge in [-0.15, -0.1) is 0 Å². The smallest absolute Gasteiger partial charge is 0.262 e. The van der Waals surface area contributed by atoms with Crippen LogP contribution in [-0.2, 0) is 0 Å². The molecule has 0 aromatic carbocycles. The molecule has 0 spiro atoms. The zero-order valence-electron chi connectivity index (χ0n) is 9.77. The van der Waals surface area contributed by atoms with Gasteiger partial charge in [0.25, 0.3) is 5.22 Å². The lowest BCUT2D eigenvalue weighted by molar-refractivity contribution is 0.453. The van der Waals surface area contributed by atoms with Crippen LogP contribution in [0.3, 0.4) is 0 Å². The van der Waals surface area contributed by atoms with E-state index in [0.29, 0.717) is 10.4 Å². The lowest BCUT2D eigenvalue weighted by Gasteiger charge is -2.10. The second-order valence-electron chi connectivity index (χ2n) is 3.89. The molecule has 2 aromatic rings. The molecule has 0 saturated carbocycles. The van der Waals surface area contributed by atoms with Crippen LogP contribution in [0.4, 0.5) is 0 Å². The van der Waals surface area contributed by atoms with E-state index in [1.807, 2.05) is 6.92 Å². The summed E-state index contributed by atoms with van der Waals surface area (Å²) in [5.41, 5.74) is 1.77. The summed E-state index contributed by atoms with van der Waals surface area (Å²) < 4.78 is 5.29. The molecule has 0 saturated heterocycles. The molecule has 0 atom stereocenters. The van der Waals surface area contributed by atoms with E-state index in [0.717, 1.165) is 16.3 Å². The molecule has 90 valence electrons. The van der Waals surface area contributed by atoms with Crippen molar-refractivity contribution in [3.8, 4) is 0 Å². The van der Waals surface area contributed by atoms with Gasteiger partial charge in [-0.25, -0.2) is 15.0 Å². The van der Waals surface area contributed by atoms with E-state index >= 15 is 0 Å². The number of aromatic nitrogens is 3. The lowest BCUT2D eigenvalue weighted by Crippen LogP contribution is -1.97. The van der Waals surface area contributed by atoms with Crippen molar-refractivity contribution in [1.29, 1.82) is 0 Å². The Morgan fingerprint density at radius 2 is 2.12 bits per heavy atom. The number of rotatable bonds is 3. The van der Waals surface area contributed by atoms with E-state index in [-0.39, 0.29) is 5.92 Å². The summed E-state index contributed by atoms with van der Waals surface area (Å²) in [6.07, 6.45) is 3.06. The van der Waals surface area contributed by atoms with Crippen molar-refractivity contribution in [2.24, 2.45) is 0 Å². The normalized spacial score (nSPS) is 11.1. The first-order valence-electron chi connectivity index (χ1n) is 5.18. The number of hydrogen-bond acceptors (Lipinski definition) is 5. The summed E-state index contributed by atoms with van der Waals surface area (Å²) in [5, 5.41) is 1.85. The molecule has 6 heteroatoms. The average Bonchev–Trinajstić information content (AvgIpc) is 2.63. The Kier molecular flexibility index (Phi) is 3.69. The van der Waals surface area contributed by atoms with Gasteiger partial charge in [-0.1, -0.05) is 25.4 Å². The average molecular weight is 270 g/mol. The van der Waals surface area contributed by atoms with Crippen LogP contribution in [0, 0.1) is 6.92 Å². The summed E-state index contributed by atoms with van der Waals surface area (Å²) in [6.45, 7) is 5.98. The van der Waals surface area contributed by atoms with E-state index in [2.05, 4.69) is 28.8 Å². The fourth-order valence-corrected chi connectivity index (χ4v) is 2.79. The van der Waals surface area contributed by atoms with Crippen molar-refractivity contribution in [3.05, 3.63) is 29.0 Å². The molecule has 17 heavy (non-hydrogen) atoms. The summed E-state index contributed by atoms with van der Waals surface area (Å²) in [5.74, 6) is 0.252. The third kappa shape index (κ3) is 2.79. The molecule has 0 unspecified atom stereocenters. The van der Waals surface area contributed by atoms with E-state index < -0.39 is 0 Å². The van der Waals surface area contributed by atoms with Gasteiger partial charge < -0.3 is 4.42 Å². The van der Waals surface area contributed by atoms with Crippen LogP contribution >= 0.6 is 23.4 Å². The Bertz CT molecular complexity index is 527. The maximum Gasteiger partial charge on any atom is 0.262 e. The quantitative estimate of drug-likeness (QED) is 0.795. The van der Waals surface area contributed by atoms with Gasteiger partial charge in [-0.3, -0.25) is 0 Å². The van der Waals surface area contributed by atoms with Crippen LogP contribution in [0.2, 0.25) is 5.15 Å². The fraction of sp³-hybridized carbons (Fsp3) is 0.364. The van der Waals surface area contributed by atoms with Gasteiger partial charge in [-0.05, 0) is 24.6 Å². The van der Waals surface area contributed by atoms with E-state index in [1.165, 1.54) is 18.1 Å². The topological polar surface area (TPSA) is 51.8 Å². The highest BCUT2D eigenvalue weighted by atomic mass is 35.5. The molecular weight excluding hydrogens is 258 g/mol. The highest BCUT2D eigenvalue weighted by Crippen LogP contribution is 2.34. The minimum absolute atomic E-state index is 0.252. The van der Waals surface area contributed by atoms with Gasteiger partial charge >= 0.3 is 0 Å². The van der Waals surface area contributed by atoms with Gasteiger partial charge in [0.2, 0.25) is 0 Å². The molecule has 2 aromatic heterocycles. The molecule has 0 fully saturated rings. The van der Waals surface area contributed by atoms with Crippen LogP contribution in [0.25, 0.3) is 0 Å². The van der Waals surface area contributed by atoms with Gasteiger partial charge in [0, 0.05) is 5.56 Å². The zero-order chi connectivity index (χ0) is 12.4. The van der Waals surface area contributed by atoms with Crippen LogP contribution in [-0.4, -0.2) is 15.0 Å². The Morgan fingerprint density at radius 1 is 1.35 bits per heavy atom. The molecule has 0 bridgehead atoms. The monoisotopic (exact) mass is 269 g/mol. The number of aryl methyl sites for hydroxylation is 1. The van der Waals surface area contributed by atoms with Crippen molar-refractivity contribution in [3.63, 3.8) is 0 Å². The third-order valence-corrected chi connectivity index (χ3v) is 3.34. The minimum atomic E-state index is 0.252. The first-order valence-corrected chi connectivity index (χ1v) is 6.37. The predicted molar refractivity (Wildman–Crippen MR) is 66.5 cm³/mol. The number of oxazole rings is 1. The van der Waals surface area contributed by atoms with Crippen LogP contribution in [0.15, 0.2) is 27.3 Å².